The van der Waals surface area contributed by atoms with Gasteiger partial charge in [-0.15, -0.1) is 0 Å². The monoisotopic (exact) mass is 269 g/mol. The predicted octanol–water partition coefficient (Wildman–Crippen LogP) is 3.06. The number of hydrogen-bond donors (Lipinski definition) is 0. The first-order chi connectivity index (χ1) is 8.59. The lowest BCUT2D eigenvalue weighted by molar-refractivity contribution is 0.307. The van der Waals surface area contributed by atoms with Crippen molar-refractivity contribution in [2.75, 3.05) is 0 Å². The van der Waals surface area contributed by atoms with E-state index in [-0.39, 0.29) is 16.4 Å². The molecule has 0 N–H and O–H groups in total. The van der Waals surface area contributed by atoms with Crippen LogP contribution in [0.4, 0.5) is 0 Å². The SMILES string of the molecule is CCC1CCC(C#N)C(S(=O)(=O)C2CCCC2)C1. The van der Waals surface area contributed by atoms with E-state index in [0.717, 1.165) is 44.9 Å². The number of nitriles is 1. The molecule has 0 bridgehead atoms. The molecule has 0 aromatic rings. The van der Waals surface area contributed by atoms with Gasteiger partial charge in [0.2, 0.25) is 0 Å². The van der Waals surface area contributed by atoms with Crippen molar-refractivity contribution in [1.82, 2.24) is 0 Å². The Kier molecular flexibility index (Phi) is 4.32. The summed E-state index contributed by atoms with van der Waals surface area (Å²) in [6.07, 6.45) is 7.23. The molecule has 2 aliphatic rings. The van der Waals surface area contributed by atoms with Crippen LogP contribution in [-0.2, 0) is 9.84 Å². The molecule has 0 spiro atoms. The molecule has 3 unspecified atom stereocenters. The zero-order chi connectivity index (χ0) is 13.2. The quantitative estimate of drug-likeness (QED) is 0.791. The predicted molar refractivity (Wildman–Crippen MR) is 71.7 cm³/mol. The van der Waals surface area contributed by atoms with Crippen molar-refractivity contribution in [3.63, 3.8) is 0 Å². The number of nitrogens with zero attached hydrogens (tertiary/aromatic N) is 1. The van der Waals surface area contributed by atoms with Gasteiger partial charge in [0.1, 0.15) is 0 Å². The van der Waals surface area contributed by atoms with Crippen LogP contribution in [0.25, 0.3) is 0 Å². The molecule has 102 valence electrons. The first kappa shape index (κ1) is 13.9. The summed E-state index contributed by atoms with van der Waals surface area (Å²) in [5.74, 6) is 0.231. The third-order valence-corrected chi connectivity index (χ3v) is 7.60. The molecule has 0 aromatic carbocycles. The van der Waals surface area contributed by atoms with Crippen molar-refractivity contribution in [2.45, 2.75) is 68.8 Å². The average molecular weight is 269 g/mol. The van der Waals surface area contributed by atoms with Crippen LogP contribution in [0.1, 0.15) is 58.3 Å². The molecule has 4 heteroatoms. The second-order valence-corrected chi connectivity index (χ2v) is 8.31. The van der Waals surface area contributed by atoms with Crippen LogP contribution >= 0.6 is 0 Å². The third-order valence-electron chi connectivity index (χ3n) is 4.83. The molecule has 0 aliphatic heterocycles. The second kappa shape index (κ2) is 5.61. The molecule has 3 atom stereocenters. The minimum Gasteiger partial charge on any atom is -0.228 e. The first-order valence-corrected chi connectivity index (χ1v) is 8.82. The van der Waals surface area contributed by atoms with Crippen molar-refractivity contribution in [1.29, 1.82) is 5.26 Å². The fourth-order valence-corrected chi connectivity index (χ4v) is 6.24. The van der Waals surface area contributed by atoms with E-state index in [4.69, 9.17) is 0 Å². The summed E-state index contributed by atoms with van der Waals surface area (Å²) in [5, 5.41) is 8.67. The zero-order valence-corrected chi connectivity index (χ0v) is 12.0. The van der Waals surface area contributed by atoms with Crippen molar-refractivity contribution in [2.24, 2.45) is 11.8 Å². The van der Waals surface area contributed by atoms with Gasteiger partial charge in [0, 0.05) is 0 Å². The molecule has 3 nitrogen and oxygen atoms in total. The second-order valence-electron chi connectivity index (χ2n) is 5.86. The lowest BCUT2D eigenvalue weighted by Gasteiger charge is -2.33. The lowest BCUT2D eigenvalue weighted by atomic mass is 9.81. The topological polar surface area (TPSA) is 57.9 Å². The zero-order valence-electron chi connectivity index (χ0n) is 11.1. The van der Waals surface area contributed by atoms with Gasteiger partial charge in [0.15, 0.2) is 9.84 Å². The molecule has 0 saturated heterocycles. The van der Waals surface area contributed by atoms with Gasteiger partial charge in [-0.3, -0.25) is 0 Å². The summed E-state index contributed by atoms with van der Waals surface area (Å²) in [6, 6.07) is 2.25. The summed E-state index contributed by atoms with van der Waals surface area (Å²) < 4.78 is 25.3. The van der Waals surface area contributed by atoms with Gasteiger partial charge in [-0.05, 0) is 38.0 Å². The Labute approximate surface area is 110 Å². The minimum absolute atomic E-state index is 0.158. The Balaban J connectivity index is 2.19. The fourth-order valence-electron chi connectivity index (χ4n) is 3.56. The van der Waals surface area contributed by atoms with E-state index in [1.165, 1.54) is 0 Å². The lowest BCUT2D eigenvalue weighted by Crippen LogP contribution is -2.40. The first-order valence-electron chi connectivity index (χ1n) is 7.22. The standard InChI is InChI=1S/C14H23NO2S/c1-2-11-7-8-12(10-15)14(9-11)18(16,17)13-5-3-4-6-13/h11-14H,2-9H2,1H3. The largest absolute Gasteiger partial charge is 0.228 e. The summed E-state index contributed by atoms with van der Waals surface area (Å²) in [4.78, 5) is 0. The van der Waals surface area contributed by atoms with E-state index in [2.05, 4.69) is 13.0 Å². The Bertz CT molecular complexity index is 418. The molecule has 0 aromatic heterocycles. The van der Waals surface area contributed by atoms with E-state index >= 15 is 0 Å². The van der Waals surface area contributed by atoms with Crippen molar-refractivity contribution in [3.05, 3.63) is 0 Å². The molecule has 0 radical (unpaired) electrons. The molecule has 2 rings (SSSR count). The van der Waals surface area contributed by atoms with Gasteiger partial charge < -0.3 is 0 Å². The van der Waals surface area contributed by atoms with Crippen molar-refractivity contribution < 1.29 is 8.42 Å². The molecule has 2 aliphatic carbocycles. The summed E-state index contributed by atoms with van der Waals surface area (Å²) in [5.41, 5.74) is 0. The Morgan fingerprint density at radius 1 is 1.17 bits per heavy atom. The summed E-state index contributed by atoms with van der Waals surface area (Å²) in [6.45, 7) is 2.12. The molecule has 2 fully saturated rings. The summed E-state index contributed by atoms with van der Waals surface area (Å²) in [7, 11) is -3.09. The Hall–Kier alpha value is -0.560. The van der Waals surface area contributed by atoms with Crippen LogP contribution in [0.15, 0.2) is 0 Å². The molecule has 0 amide bonds. The van der Waals surface area contributed by atoms with E-state index in [9.17, 15) is 13.7 Å². The highest BCUT2D eigenvalue weighted by atomic mass is 32.2. The molecule has 2 saturated carbocycles. The van der Waals surface area contributed by atoms with Crippen LogP contribution in [0.2, 0.25) is 0 Å². The van der Waals surface area contributed by atoms with Gasteiger partial charge in [-0.1, -0.05) is 26.2 Å². The number of hydrogen-bond acceptors (Lipinski definition) is 3. The highest BCUT2D eigenvalue weighted by molar-refractivity contribution is 7.92. The maximum absolute atomic E-state index is 12.7. The van der Waals surface area contributed by atoms with Gasteiger partial charge in [0.25, 0.3) is 0 Å². The fraction of sp³-hybridized carbons (Fsp3) is 0.929. The van der Waals surface area contributed by atoms with Gasteiger partial charge in [-0.2, -0.15) is 5.26 Å². The molecule has 0 heterocycles. The van der Waals surface area contributed by atoms with Crippen LogP contribution in [0.5, 0.6) is 0 Å². The van der Waals surface area contributed by atoms with Crippen LogP contribution in [-0.4, -0.2) is 18.9 Å². The van der Waals surface area contributed by atoms with Crippen LogP contribution < -0.4 is 0 Å². The molecular weight excluding hydrogens is 246 g/mol. The van der Waals surface area contributed by atoms with E-state index in [1.807, 2.05) is 0 Å². The maximum atomic E-state index is 12.7. The minimum atomic E-state index is -3.09. The van der Waals surface area contributed by atoms with Gasteiger partial charge >= 0.3 is 0 Å². The molecular formula is C14H23NO2S. The smallest absolute Gasteiger partial charge is 0.157 e. The molecule has 18 heavy (non-hydrogen) atoms. The van der Waals surface area contributed by atoms with Gasteiger partial charge in [0.05, 0.1) is 22.5 Å². The Morgan fingerprint density at radius 3 is 2.39 bits per heavy atom. The number of rotatable bonds is 3. The van der Waals surface area contributed by atoms with E-state index in [1.54, 1.807) is 0 Å². The highest BCUT2D eigenvalue weighted by Gasteiger charge is 2.43. The van der Waals surface area contributed by atoms with Gasteiger partial charge in [-0.25, -0.2) is 8.42 Å². The third kappa shape index (κ3) is 2.56. The highest BCUT2D eigenvalue weighted by Crippen LogP contribution is 2.39. The normalized spacial score (nSPS) is 34.3. The van der Waals surface area contributed by atoms with Crippen molar-refractivity contribution in [3.8, 4) is 6.07 Å². The maximum Gasteiger partial charge on any atom is 0.157 e. The van der Waals surface area contributed by atoms with E-state index in [0.29, 0.717) is 12.3 Å². The van der Waals surface area contributed by atoms with Crippen LogP contribution in [0, 0.1) is 23.2 Å². The van der Waals surface area contributed by atoms with E-state index < -0.39 is 9.84 Å². The summed E-state index contributed by atoms with van der Waals surface area (Å²) >= 11 is 0. The Morgan fingerprint density at radius 2 is 1.83 bits per heavy atom. The average Bonchev–Trinajstić information content (AvgIpc) is 2.92. The number of sulfone groups is 1. The van der Waals surface area contributed by atoms with Crippen molar-refractivity contribution >= 4 is 9.84 Å². The van der Waals surface area contributed by atoms with Crippen LogP contribution in [0.3, 0.4) is 0 Å².